The number of rotatable bonds is 12. The van der Waals surface area contributed by atoms with Crippen molar-refractivity contribution in [3.05, 3.63) is 90.0 Å². The molecule has 40 heavy (non-hydrogen) atoms. The van der Waals surface area contributed by atoms with Crippen molar-refractivity contribution in [1.82, 2.24) is 9.80 Å². The first kappa shape index (κ1) is 30.5. The van der Waals surface area contributed by atoms with Crippen LogP contribution in [0, 0.1) is 0 Å². The highest BCUT2D eigenvalue weighted by atomic mass is 16.2. The molecule has 0 aliphatic rings. The molecule has 8 nitrogen and oxygen atoms in total. The molecule has 3 aromatic carbocycles. The van der Waals surface area contributed by atoms with E-state index in [1.165, 1.54) is 11.0 Å². The Balaban J connectivity index is 1.81. The topological polar surface area (TPSA) is 122 Å². The van der Waals surface area contributed by atoms with Gasteiger partial charge in [0.05, 0.1) is 6.54 Å². The third kappa shape index (κ3) is 8.76. The highest BCUT2D eigenvalue weighted by Gasteiger charge is 2.29. The standard InChI is InChI=1S/C32H41N5O3/c1-32(2,34)18-9-14-30(39)37(4)28(21-23-15-16-24-10-5-6-12-26(24)20-23)31(40)36(3)19-17-25-11-7-8-13-27(25)35-29(38)22-33/h5-16,20,28H,17-19,21-22,33-34H2,1-4H3,(H,35,38)/b14-9+/t28-/m1/s1. The zero-order chi connectivity index (χ0) is 29.3. The monoisotopic (exact) mass is 543 g/mol. The van der Waals surface area contributed by atoms with Crippen LogP contribution in [0.2, 0.25) is 0 Å². The van der Waals surface area contributed by atoms with E-state index in [-0.39, 0.29) is 24.3 Å². The average Bonchev–Trinajstić information content (AvgIpc) is 2.93. The number of anilines is 1. The Morgan fingerprint density at radius 3 is 2.35 bits per heavy atom. The Labute approximate surface area is 237 Å². The van der Waals surface area contributed by atoms with Crippen molar-refractivity contribution in [3.63, 3.8) is 0 Å². The van der Waals surface area contributed by atoms with E-state index in [2.05, 4.69) is 11.4 Å². The molecule has 0 radical (unpaired) electrons. The Morgan fingerprint density at radius 1 is 0.975 bits per heavy atom. The second kappa shape index (κ2) is 13.9. The van der Waals surface area contributed by atoms with Gasteiger partial charge in [0.15, 0.2) is 0 Å². The summed E-state index contributed by atoms with van der Waals surface area (Å²) in [5, 5.41) is 5.00. The van der Waals surface area contributed by atoms with Crippen LogP contribution in [0.1, 0.15) is 31.4 Å². The first-order chi connectivity index (χ1) is 19.0. The number of nitrogens with zero attached hydrogens (tertiary/aromatic N) is 2. The fraction of sp³-hybridized carbons (Fsp3) is 0.344. The van der Waals surface area contributed by atoms with E-state index in [9.17, 15) is 14.4 Å². The number of nitrogens with one attached hydrogen (secondary N) is 1. The van der Waals surface area contributed by atoms with Crippen molar-refractivity contribution in [2.45, 2.75) is 44.7 Å². The molecule has 3 amide bonds. The van der Waals surface area contributed by atoms with Crippen molar-refractivity contribution in [3.8, 4) is 0 Å². The Bertz CT molecular complexity index is 1360. The van der Waals surface area contributed by atoms with Crippen LogP contribution in [0.3, 0.4) is 0 Å². The van der Waals surface area contributed by atoms with Crippen LogP contribution >= 0.6 is 0 Å². The lowest BCUT2D eigenvalue weighted by Crippen LogP contribution is -2.49. The molecular formula is C32H41N5O3. The molecule has 0 saturated carbocycles. The van der Waals surface area contributed by atoms with E-state index in [1.807, 2.05) is 74.5 Å². The van der Waals surface area contributed by atoms with Crippen molar-refractivity contribution in [2.24, 2.45) is 11.5 Å². The molecule has 3 rings (SSSR count). The molecular weight excluding hydrogens is 502 g/mol. The van der Waals surface area contributed by atoms with Crippen molar-refractivity contribution in [2.75, 3.05) is 32.5 Å². The second-order valence-corrected chi connectivity index (χ2v) is 10.9. The van der Waals surface area contributed by atoms with Gasteiger partial charge in [-0.2, -0.15) is 0 Å². The Kier molecular flexibility index (Phi) is 10.6. The molecule has 0 bridgehead atoms. The first-order valence-corrected chi connectivity index (χ1v) is 13.5. The van der Waals surface area contributed by atoms with Gasteiger partial charge in [-0.1, -0.05) is 66.7 Å². The molecule has 0 spiro atoms. The summed E-state index contributed by atoms with van der Waals surface area (Å²) in [6.45, 7) is 4.08. The zero-order valence-corrected chi connectivity index (χ0v) is 23.9. The highest BCUT2D eigenvalue weighted by Crippen LogP contribution is 2.20. The summed E-state index contributed by atoms with van der Waals surface area (Å²) in [6, 6.07) is 20.9. The second-order valence-electron chi connectivity index (χ2n) is 10.9. The molecule has 0 saturated heterocycles. The maximum Gasteiger partial charge on any atom is 0.246 e. The van der Waals surface area contributed by atoms with Crippen molar-refractivity contribution >= 4 is 34.2 Å². The van der Waals surface area contributed by atoms with E-state index in [1.54, 1.807) is 25.1 Å². The maximum atomic E-state index is 13.8. The van der Waals surface area contributed by atoms with Crippen LogP contribution in [0.5, 0.6) is 0 Å². The number of likely N-dealkylation sites (N-methyl/N-ethyl adjacent to an activating group) is 2. The fourth-order valence-corrected chi connectivity index (χ4v) is 4.43. The van der Waals surface area contributed by atoms with E-state index in [0.717, 1.165) is 21.9 Å². The molecule has 1 atom stereocenters. The number of benzene rings is 3. The molecule has 8 heteroatoms. The Hall–Kier alpha value is -4.01. The van der Waals surface area contributed by atoms with E-state index < -0.39 is 11.6 Å². The van der Waals surface area contributed by atoms with Gasteiger partial charge in [0, 0.05) is 38.3 Å². The molecule has 0 unspecified atom stereocenters. The van der Waals surface area contributed by atoms with Crippen molar-refractivity contribution < 1.29 is 14.4 Å². The predicted molar refractivity (Wildman–Crippen MR) is 162 cm³/mol. The number of hydrogen-bond acceptors (Lipinski definition) is 5. The summed E-state index contributed by atoms with van der Waals surface area (Å²) in [6.07, 6.45) is 4.68. The van der Waals surface area contributed by atoms with Crippen LogP contribution < -0.4 is 16.8 Å². The highest BCUT2D eigenvalue weighted by molar-refractivity contribution is 5.94. The van der Waals surface area contributed by atoms with Gasteiger partial charge in [0.25, 0.3) is 0 Å². The number of amides is 3. The first-order valence-electron chi connectivity index (χ1n) is 13.5. The minimum atomic E-state index is -0.707. The van der Waals surface area contributed by atoms with Gasteiger partial charge in [-0.05, 0) is 60.7 Å². The molecule has 0 aliphatic carbocycles. The lowest BCUT2D eigenvalue weighted by atomic mass is 9.99. The zero-order valence-electron chi connectivity index (χ0n) is 23.9. The van der Waals surface area contributed by atoms with Crippen LogP contribution in [-0.4, -0.2) is 66.3 Å². The molecule has 212 valence electrons. The molecule has 0 heterocycles. The van der Waals surface area contributed by atoms with Gasteiger partial charge in [-0.15, -0.1) is 0 Å². The van der Waals surface area contributed by atoms with E-state index >= 15 is 0 Å². The molecule has 3 aromatic rings. The van der Waals surface area contributed by atoms with Gasteiger partial charge in [0.1, 0.15) is 6.04 Å². The molecule has 0 aromatic heterocycles. The predicted octanol–water partition coefficient (Wildman–Crippen LogP) is 3.49. The number of hydrogen-bond donors (Lipinski definition) is 3. The lowest BCUT2D eigenvalue weighted by molar-refractivity contribution is -0.141. The van der Waals surface area contributed by atoms with Gasteiger partial charge in [-0.25, -0.2) is 0 Å². The van der Waals surface area contributed by atoms with Gasteiger partial charge >= 0.3 is 0 Å². The SMILES string of the molecule is CN(CCc1ccccc1NC(=O)CN)C(=O)[C@@H](Cc1ccc2ccccc2c1)N(C)C(=O)/C=C/CC(C)(C)N. The minimum Gasteiger partial charge on any atom is -0.344 e. The summed E-state index contributed by atoms with van der Waals surface area (Å²) in [5.74, 6) is -0.704. The van der Waals surface area contributed by atoms with Crippen LogP contribution in [0.15, 0.2) is 78.9 Å². The lowest BCUT2D eigenvalue weighted by Gasteiger charge is -2.31. The summed E-state index contributed by atoms with van der Waals surface area (Å²) >= 11 is 0. The molecule has 5 N–H and O–H groups in total. The smallest absolute Gasteiger partial charge is 0.246 e. The largest absolute Gasteiger partial charge is 0.344 e. The summed E-state index contributed by atoms with van der Waals surface area (Å²) < 4.78 is 0. The summed E-state index contributed by atoms with van der Waals surface area (Å²) in [5.41, 5.74) is 13.6. The van der Waals surface area contributed by atoms with Crippen molar-refractivity contribution in [1.29, 1.82) is 0 Å². The van der Waals surface area contributed by atoms with Crippen LogP contribution in [0.4, 0.5) is 5.69 Å². The third-order valence-electron chi connectivity index (χ3n) is 6.82. The van der Waals surface area contributed by atoms with Crippen LogP contribution in [-0.2, 0) is 27.2 Å². The van der Waals surface area contributed by atoms with Crippen LogP contribution in [0.25, 0.3) is 10.8 Å². The fourth-order valence-electron chi connectivity index (χ4n) is 4.43. The van der Waals surface area contributed by atoms with E-state index in [0.29, 0.717) is 31.5 Å². The number of fused-ring (bicyclic) bond motifs is 1. The third-order valence-corrected chi connectivity index (χ3v) is 6.82. The average molecular weight is 544 g/mol. The molecule has 0 aliphatic heterocycles. The number of para-hydroxylation sites is 1. The van der Waals surface area contributed by atoms with Gasteiger partial charge in [-0.3, -0.25) is 14.4 Å². The van der Waals surface area contributed by atoms with Gasteiger partial charge in [0.2, 0.25) is 17.7 Å². The summed E-state index contributed by atoms with van der Waals surface area (Å²) in [4.78, 5) is 41.9. The van der Waals surface area contributed by atoms with E-state index in [4.69, 9.17) is 11.5 Å². The Morgan fingerprint density at radius 2 is 1.65 bits per heavy atom. The normalized spacial score (nSPS) is 12.3. The summed E-state index contributed by atoms with van der Waals surface area (Å²) in [7, 11) is 3.40. The minimum absolute atomic E-state index is 0.110. The number of carbonyl (C=O) groups excluding carboxylic acids is 3. The quantitative estimate of drug-likeness (QED) is 0.302. The number of carbonyl (C=O) groups is 3. The molecule has 0 fully saturated rings. The number of nitrogens with two attached hydrogens (primary N) is 2. The maximum absolute atomic E-state index is 13.8. The van der Waals surface area contributed by atoms with Gasteiger partial charge < -0.3 is 26.6 Å².